The second-order valence-corrected chi connectivity index (χ2v) is 9.35. The number of para-hydroxylation sites is 1. The van der Waals surface area contributed by atoms with Crippen LogP contribution in [0.25, 0.3) is 0 Å². The summed E-state index contributed by atoms with van der Waals surface area (Å²) >= 11 is 0. The molecule has 162 valence electrons. The molecule has 7 nitrogen and oxygen atoms in total. The molecule has 1 aliphatic rings. The number of aliphatic hydroxyl groups is 1. The van der Waals surface area contributed by atoms with Crippen LogP contribution in [0.3, 0.4) is 0 Å². The fourth-order valence-corrected chi connectivity index (χ4v) is 5.18. The molecule has 2 aromatic rings. The van der Waals surface area contributed by atoms with Crippen LogP contribution in [-0.2, 0) is 10.0 Å². The van der Waals surface area contributed by atoms with Crippen molar-refractivity contribution in [2.45, 2.75) is 24.3 Å². The van der Waals surface area contributed by atoms with Crippen LogP contribution in [-0.4, -0.2) is 74.5 Å². The van der Waals surface area contributed by atoms with Gasteiger partial charge in [-0.25, -0.2) is 8.42 Å². The summed E-state index contributed by atoms with van der Waals surface area (Å²) in [6.07, 6.45) is 0.822. The lowest BCUT2D eigenvalue weighted by molar-refractivity contribution is 0.0881. The molecule has 0 spiro atoms. The number of piperazine rings is 1. The smallest absolute Gasteiger partial charge is 0.258 e. The molecule has 0 saturated carbocycles. The summed E-state index contributed by atoms with van der Waals surface area (Å²) < 4.78 is 27.8. The van der Waals surface area contributed by atoms with E-state index >= 15 is 0 Å². The first-order valence-corrected chi connectivity index (χ1v) is 11.6. The Morgan fingerprint density at radius 3 is 2.33 bits per heavy atom. The van der Waals surface area contributed by atoms with E-state index in [9.17, 15) is 18.3 Å². The van der Waals surface area contributed by atoms with Crippen molar-refractivity contribution in [3.05, 3.63) is 60.2 Å². The molecule has 0 radical (unpaired) electrons. The number of rotatable bonds is 7. The molecule has 1 atom stereocenters. The average Bonchev–Trinajstić information content (AvgIpc) is 2.80. The van der Waals surface area contributed by atoms with E-state index < -0.39 is 10.0 Å². The highest BCUT2D eigenvalue weighted by Gasteiger charge is 2.31. The van der Waals surface area contributed by atoms with E-state index in [2.05, 4.69) is 4.90 Å². The molecule has 1 saturated heterocycles. The van der Waals surface area contributed by atoms with Gasteiger partial charge in [-0.3, -0.25) is 9.69 Å². The second kappa shape index (κ2) is 9.70. The third-order valence-corrected chi connectivity index (χ3v) is 7.53. The lowest BCUT2D eigenvalue weighted by atomic mass is 10.2. The van der Waals surface area contributed by atoms with Gasteiger partial charge in [0.1, 0.15) is 0 Å². The summed E-state index contributed by atoms with van der Waals surface area (Å²) in [6.45, 7) is 3.96. The predicted octanol–water partition coefficient (Wildman–Crippen LogP) is 2.04. The van der Waals surface area contributed by atoms with Gasteiger partial charge in [-0.2, -0.15) is 4.31 Å². The van der Waals surface area contributed by atoms with Gasteiger partial charge < -0.3 is 10.0 Å². The number of hydrogen-bond acceptors (Lipinski definition) is 5. The number of anilines is 1. The van der Waals surface area contributed by atoms with Crippen molar-refractivity contribution in [2.75, 3.05) is 44.7 Å². The first kappa shape index (κ1) is 22.4. The minimum Gasteiger partial charge on any atom is -0.395 e. The highest BCUT2D eigenvalue weighted by Crippen LogP contribution is 2.22. The molecule has 0 bridgehead atoms. The van der Waals surface area contributed by atoms with Gasteiger partial charge in [0.25, 0.3) is 5.91 Å². The van der Waals surface area contributed by atoms with Gasteiger partial charge in [0.15, 0.2) is 0 Å². The third kappa shape index (κ3) is 4.73. The van der Waals surface area contributed by atoms with Crippen molar-refractivity contribution in [3.63, 3.8) is 0 Å². The lowest BCUT2D eigenvalue weighted by Gasteiger charge is -2.37. The number of carbonyl (C=O) groups excluding carboxylic acids is 1. The maximum absolute atomic E-state index is 13.2. The SMILES string of the molecule is CC[C@H](CO)N1CCN(S(=O)(=O)c2cccc(C(=O)N(C)c3ccccc3)c2)CC1. The minimum absolute atomic E-state index is 0.0596. The van der Waals surface area contributed by atoms with Crippen LogP contribution < -0.4 is 4.90 Å². The molecule has 0 unspecified atom stereocenters. The molecule has 1 N–H and O–H groups in total. The van der Waals surface area contributed by atoms with Gasteiger partial charge in [0.2, 0.25) is 10.0 Å². The Labute approximate surface area is 178 Å². The monoisotopic (exact) mass is 431 g/mol. The first-order valence-electron chi connectivity index (χ1n) is 10.2. The maximum Gasteiger partial charge on any atom is 0.258 e. The van der Waals surface area contributed by atoms with Gasteiger partial charge in [0, 0.05) is 50.5 Å². The van der Waals surface area contributed by atoms with Crippen LogP contribution in [0.15, 0.2) is 59.5 Å². The molecule has 3 rings (SSSR count). The quantitative estimate of drug-likeness (QED) is 0.726. The number of aliphatic hydroxyl groups excluding tert-OH is 1. The third-order valence-electron chi connectivity index (χ3n) is 5.64. The van der Waals surface area contributed by atoms with E-state index in [4.69, 9.17) is 0 Å². The number of sulfonamides is 1. The fraction of sp³-hybridized carbons (Fsp3) is 0.409. The normalized spacial score (nSPS) is 16.9. The van der Waals surface area contributed by atoms with Gasteiger partial charge in [-0.15, -0.1) is 0 Å². The molecule has 30 heavy (non-hydrogen) atoms. The summed E-state index contributed by atoms with van der Waals surface area (Å²) in [6, 6.07) is 15.5. The summed E-state index contributed by atoms with van der Waals surface area (Å²) in [7, 11) is -2.03. The Kier molecular flexibility index (Phi) is 7.25. The summed E-state index contributed by atoms with van der Waals surface area (Å²) in [5.41, 5.74) is 1.06. The van der Waals surface area contributed by atoms with Crippen molar-refractivity contribution in [1.82, 2.24) is 9.21 Å². The topological polar surface area (TPSA) is 81.2 Å². The Hall–Kier alpha value is -2.26. The van der Waals surface area contributed by atoms with Crippen molar-refractivity contribution in [2.24, 2.45) is 0 Å². The Bertz CT molecular complexity index is 953. The van der Waals surface area contributed by atoms with E-state index in [0.717, 1.165) is 12.1 Å². The number of carbonyl (C=O) groups is 1. The average molecular weight is 432 g/mol. The lowest BCUT2D eigenvalue weighted by Crippen LogP contribution is -2.52. The van der Waals surface area contributed by atoms with Crippen molar-refractivity contribution in [3.8, 4) is 0 Å². The standard InChI is InChI=1S/C22H29N3O4S/c1-3-19(17-26)24-12-14-25(15-13-24)30(28,29)21-11-7-8-18(16-21)22(27)23(2)20-9-5-4-6-10-20/h4-11,16,19,26H,3,12-15,17H2,1-2H3/t19-/m1/s1. The minimum atomic E-state index is -3.70. The number of hydrogen-bond donors (Lipinski definition) is 1. The number of benzene rings is 2. The van der Waals surface area contributed by atoms with E-state index in [1.54, 1.807) is 19.2 Å². The number of nitrogens with zero attached hydrogens (tertiary/aromatic N) is 3. The van der Waals surface area contributed by atoms with Crippen LogP contribution in [0.2, 0.25) is 0 Å². The van der Waals surface area contributed by atoms with Crippen LogP contribution in [0.1, 0.15) is 23.7 Å². The van der Waals surface area contributed by atoms with E-state index in [0.29, 0.717) is 31.7 Å². The van der Waals surface area contributed by atoms with Crippen LogP contribution >= 0.6 is 0 Å². The molecule has 8 heteroatoms. The van der Waals surface area contributed by atoms with Gasteiger partial charge in [-0.05, 0) is 36.8 Å². The Morgan fingerprint density at radius 1 is 1.07 bits per heavy atom. The molecule has 1 fully saturated rings. The molecule has 1 heterocycles. The zero-order valence-corrected chi connectivity index (χ0v) is 18.3. The molecule has 0 aromatic heterocycles. The molecule has 2 aromatic carbocycles. The summed E-state index contributed by atoms with van der Waals surface area (Å²) in [4.78, 5) is 16.6. The van der Waals surface area contributed by atoms with Gasteiger partial charge in [0.05, 0.1) is 11.5 Å². The summed E-state index contributed by atoms with van der Waals surface area (Å²) in [5.74, 6) is -0.267. The molecule has 0 aliphatic carbocycles. The second-order valence-electron chi connectivity index (χ2n) is 7.41. The zero-order chi connectivity index (χ0) is 21.7. The van der Waals surface area contributed by atoms with Crippen molar-refractivity contribution >= 4 is 21.6 Å². The molecule has 1 amide bonds. The Balaban J connectivity index is 1.76. The van der Waals surface area contributed by atoms with Gasteiger partial charge >= 0.3 is 0 Å². The van der Waals surface area contributed by atoms with Crippen LogP contribution in [0.5, 0.6) is 0 Å². The van der Waals surface area contributed by atoms with Crippen molar-refractivity contribution < 1.29 is 18.3 Å². The molecular formula is C22H29N3O4S. The van der Waals surface area contributed by atoms with E-state index in [-0.39, 0.29) is 23.5 Å². The highest BCUT2D eigenvalue weighted by atomic mass is 32.2. The largest absolute Gasteiger partial charge is 0.395 e. The zero-order valence-electron chi connectivity index (χ0n) is 17.4. The maximum atomic E-state index is 13.2. The fourth-order valence-electron chi connectivity index (χ4n) is 3.71. The summed E-state index contributed by atoms with van der Waals surface area (Å²) in [5, 5.41) is 9.48. The Morgan fingerprint density at radius 2 is 1.73 bits per heavy atom. The molecular weight excluding hydrogens is 402 g/mol. The van der Waals surface area contributed by atoms with Gasteiger partial charge in [-0.1, -0.05) is 31.2 Å². The van der Waals surface area contributed by atoms with E-state index in [1.807, 2.05) is 37.3 Å². The van der Waals surface area contributed by atoms with Crippen LogP contribution in [0, 0.1) is 0 Å². The van der Waals surface area contributed by atoms with Crippen molar-refractivity contribution in [1.29, 1.82) is 0 Å². The highest BCUT2D eigenvalue weighted by molar-refractivity contribution is 7.89. The van der Waals surface area contributed by atoms with E-state index in [1.165, 1.54) is 21.3 Å². The van der Waals surface area contributed by atoms with Crippen LogP contribution in [0.4, 0.5) is 5.69 Å². The predicted molar refractivity (Wildman–Crippen MR) is 117 cm³/mol. The first-order chi connectivity index (χ1) is 14.4. The number of amides is 1. The molecule has 1 aliphatic heterocycles.